The summed E-state index contributed by atoms with van der Waals surface area (Å²) >= 11 is 0. The van der Waals surface area contributed by atoms with Crippen LogP contribution in [-0.2, 0) is 18.9 Å². The number of likely N-dealkylation sites (N-methyl/N-ethyl adjacent to an activating group) is 1. The Balaban J connectivity index is 3.44. The fourth-order valence-electron chi connectivity index (χ4n) is 2.44. The first-order chi connectivity index (χ1) is 12.1. The Bertz CT molecular complexity index is 284. The average molecular weight is 366 g/mol. The third-order valence-corrected chi connectivity index (χ3v) is 4.37. The highest BCUT2D eigenvalue weighted by Gasteiger charge is 2.32. The molecule has 0 aliphatic carbocycles. The molecule has 0 saturated carbocycles. The molecule has 2 unspecified atom stereocenters. The fraction of sp³-hybridized carbons (Fsp3) is 1.00. The number of aliphatic hydroxyl groups is 2. The van der Waals surface area contributed by atoms with Gasteiger partial charge >= 0.3 is 0 Å². The highest BCUT2D eigenvalue weighted by molar-refractivity contribution is 4.91. The van der Waals surface area contributed by atoms with Crippen molar-refractivity contribution >= 4 is 0 Å². The van der Waals surface area contributed by atoms with Gasteiger partial charge < -0.3 is 40.2 Å². The van der Waals surface area contributed by atoms with E-state index in [0.29, 0.717) is 39.6 Å². The van der Waals surface area contributed by atoms with Gasteiger partial charge in [0.1, 0.15) is 0 Å². The van der Waals surface area contributed by atoms with Gasteiger partial charge in [-0.05, 0) is 19.9 Å². The van der Waals surface area contributed by atoms with Crippen molar-refractivity contribution in [1.29, 1.82) is 0 Å². The van der Waals surface area contributed by atoms with Gasteiger partial charge in [0.25, 0.3) is 0 Å². The van der Waals surface area contributed by atoms with E-state index in [4.69, 9.17) is 24.7 Å². The molecule has 0 amide bonds. The zero-order chi connectivity index (χ0) is 19.0. The average Bonchev–Trinajstić information content (AvgIpc) is 2.64. The summed E-state index contributed by atoms with van der Waals surface area (Å²) in [5.74, 6) is 0. The number of hydrogen-bond donors (Lipinski definition) is 4. The molecule has 25 heavy (non-hydrogen) atoms. The minimum absolute atomic E-state index is 0.195. The largest absolute Gasteiger partial charge is 0.389 e. The Labute approximate surface area is 152 Å². The Morgan fingerprint density at radius 2 is 1.28 bits per heavy atom. The standard InChI is InChI=1S/C17H38N2O6/c1-4-17(5-2,19-3)16(21)14-25-11-9-23-7-6-22-8-10-24-13-15(20)12-18/h15-16,19-21H,4-14,18H2,1-3H3. The number of ether oxygens (including phenoxy) is 4. The van der Waals surface area contributed by atoms with Crippen molar-refractivity contribution in [2.75, 3.05) is 66.4 Å². The van der Waals surface area contributed by atoms with Crippen LogP contribution in [0.2, 0.25) is 0 Å². The summed E-state index contributed by atoms with van der Waals surface area (Å²) in [6.45, 7) is 7.52. The van der Waals surface area contributed by atoms with Crippen molar-refractivity contribution in [1.82, 2.24) is 5.32 Å². The van der Waals surface area contributed by atoms with Gasteiger partial charge in [-0.2, -0.15) is 0 Å². The van der Waals surface area contributed by atoms with Crippen LogP contribution in [0.5, 0.6) is 0 Å². The minimum atomic E-state index is -0.616. The monoisotopic (exact) mass is 366 g/mol. The Kier molecular flexibility index (Phi) is 15.7. The lowest BCUT2D eigenvalue weighted by atomic mass is 9.87. The highest BCUT2D eigenvalue weighted by atomic mass is 16.6. The van der Waals surface area contributed by atoms with E-state index in [1.54, 1.807) is 0 Å². The zero-order valence-electron chi connectivity index (χ0n) is 16.0. The molecule has 0 saturated heterocycles. The summed E-state index contributed by atoms with van der Waals surface area (Å²) in [4.78, 5) is 0. The van der Waals surface area contributed by atoms with Crippen LogP contribution in [0, 0.1) is 0 Å². The van der Waals surface area contributed by atoms with E-state index in [1.807, 2.05) is 7.05 Å². The van der Waals surface area contributed by atoms with Gasteiger partial charge in [0.15, 0.2) is 0 Å². The second-order valence-electron chi connectivity index (χ2n) is 5.89. The van der Waals surface area contributed by atoms with Crippen LogP contribution in [0.3, 0.4) is 0 Å². The summed E-state index contributed by atoms with van der Waals surface area (Å²) in [5, 5.41) is 22.7. The predicted molar refractivity (Wildman–Crippen MR) is 96.7 cm³/mol. The molecule has 8 nitrogen and oxygen atoms in total. The van der Waals surface area contributed by atoms with Crippen LogP contribution in [0.25, 0.3) is 0 Å². The van der Waals surface area contributed by atoms with E-state index in [9.17, 15) is 10.2 Å². The number of hydrogen-bond acceptors (Lipinski definition) is 8. The quantitative estimate of drug-likeness (QED) is 0.240. The van der Waals surface area contributed by atoms with Crippen LogP contribution in [0.15, 0.2) is 0 Å². The van der Waals surface area contributed by atoms with Gasteiger partial charge in [0.05, 0.1) is 65.1 Å². The molecule has 0 spiro atoms. The van der Waals surface area contributed by atoms with Crippen LogP contribution in [0.1, 0.15) is 26.7 Å². The van der Waals surface area contributed by atoms with Crippen LogP contribution in [0.4, 0.5) is 0 Å². The molecular formula is C17H38N2O6. The molecule has 0 aliphatic rings. The molecule has 0 aromatic carbocycles. The number of rotatable bonds is 18. The maximum atomic E-state index is 10.3. The summed E-state index contributed by atoms with van der Waals surface area (Å²) < 4.78 is 21.4. The fourth-order valence-corrected chi connectivity index (χ4v) is 2.44. The normalized spacial score (nSPS) is 14.6. The van der Waals surface area contributed by atoms with E-state index in [0.717, 1.165) is 12.8 Å². The van der Waals surface area contributed by atoms with Crippen molar-refractivity contribution in [3.05, 3.63) is 0 Å². The van der Waals surface area contributed by atoms with Crippen molar-refractivity contribution in [2.24, 2.45) is 5.73 Å². The maximum absolute atomic E-state index is 10.3. The van der Waals surface area contributed by atoms with Gasteiger partial charge in [0, 0.05) is 12.1 Å². The zero-order valence-corrected chi connectivity index (χ0v) is 16.0. The van der Waals surface area contributed by atoms with Crippen LogP contribution < -0.4 is 11.1 Å². The highest BCUT2D eigenvalue weighted by Crippen LogP contribution is 2.19. The van der Waals surface area contributed by atoms with Crippen LogP contribution >= 0.6 is 0 Å². The maximum Gasteiger partial charge on any atom is 0.0954 e. The molecule has 5 N–H and O–H groups in total. The molecule has 0 aromatic rings. The van der Waals surface area contributed by atoms with Crippen molar-refractivity contribution < 1.29 is 29.2 Å². The third-order valence-electron chi connectivity index (χ3n) is 4.37. The molecule has 0 radical (unpaired) electrons. The molecule has 152 valence electrons. The molecule has 2 atom stereocenters. The van der Waals surface area contributed by atoms with E-state index in [2.05, 4.69) is 19.2 Å². The van der Waals surface area contributed by atoms with Gasteiger partial charge in [0.2, 0.25) is 0 Å². The second-order valence-corrected chi connectivity index (χ2v) is 5.89. The first kappa shape index (κ1) is 24.7. The third kappa shape index (κ3) is 11.1. The molecular weight excluding hydrogens is 328 g/mol. The topological polar surface area (TPSA) is 115 Å². The number of aliphatic hydroxyl groups excluding tert-OH is 2. The lowest BCUT2D eigenvalue weighted by molar-refractivity contribution is -0.0428. The predicted octanol–water partition coefficient (Wildman–Crippen LogP) is -0.488. The molecule has 8 heteroatoms. The van der Waals surface area contributed by atoms with E-state index in [1.165, 1.54) is 0 Å². The summed E-state index contributed by atoms with van der Waals surface area (Å²) in [6.07, 6.45) is 0.518. The minimum Gasteiger partial charge on any atom is -0.389 e. The molecule has 0 bridgehead atoms. The summed E-state index contributed by atoms with van der Waals surface area (Å²) in [7, 11) is 1.87. The summed E-state index contributed by atoms with van der Waals surface area (Å²) in [6, 6.07) is 0. The van der Waals surface area contributed by atoms with Crippen molar-refractivity contribution in [2.45, 2.75) is 44.4 Å². The summed E-state index contributed by atoms with van der Waals surface area (Å²) in [5.41, 5.74) is 4.96. The lowest BCUT2D eigenvalue weighted by Crippen LogP contribution is -2.54. The number of nitrogens with one attached hydrogen (secondary N) is 1. The van der Waals surface area contributed by atoms with Crippen molar-refractivity contribution in [3.8, 4) is 0 Å². The van der Waals surface area contributed by atoms with Gasteiger partial charge in [-0.3, -0.25) is 0 Å². The molecule has 0 rings (SSSR count). The van der Waals surface area contributed by atoms with Gasteiger partial charge in [-0.15, -0.1) is 0 Å². The first-order valence-corrected chi connectivity index (χ1v) is 9.12. The Hall–Kier alpha value is -0.320. The smallest absolute Gasteiger partial charge is 0.0954 e. The van der Waals surface area contributed by atoms with Crippen molar-refractivity contribution in [3.63, 3.8) is 0 Å². The molecule has 0 heterocycles. The Morgan fingerprint density at radius 3 is 1.68 bits per heavy atom. The van der Waals surface area contributed by atoms with Gasteiger partial charge in [-0.1, -0.05) is 13.8 Å². The lowest BCUT2D eigenvalue weighted by Gasteiger charge is -2.36. The van der Waals surface area contributed by atoms with E-state index in [-0.39, 0.29) is 25.3 Å². The Morgan fingerprint density at radius 1 is 0.840 bits per heavy atom. The van der Waals surface area contributed by atoms with Gasteiger partial charge in [-0.25, -0.2) is 0 Å². The second kappa shape index (κ2) is 15.9. The first-order valence-electron chi connectivity index (χ1n) is 9.12. The van der Waals surface area contributed by atoms with E-state index < -0.39 is 12.2 Å². The molecule has 0 aliphatic heterocycles. The number of nitrogens with two attached hydrogens (primary N) is 1. The van der Waals surface area contributed by atoms with E-state index >= 15 is 0 Å². The molecule has 0 fully saturated rings. The SMILES string of the molecule is CCC(CC)(NC)C(O)COCCOCCOCCOCC(O)CN. The van der Waals surface area contributed by atoms with Crippen LogP contribution in [-0.4, -0.2) is 94.4 Å². The molecule has 0 aromatic heterocycles.